The van der Waals surface area contributed by atoms with Gasteiger partial charge in [0.05, 0.1) is 0 Å². The summed E-state index contributed by atoms with van der Waals surface area (Å²) >= 11 is 0. The van der Waals surface area contributed by atoms with E-state index >= 15 is 0 Å². The number of hydrogen-bond acceptors (Lipinski definition) is 6. The van der Waals surface area contributed by atoms with Crippen LogP contribution in [0.5, 0.6) is 0 Å². The van der Waals surface area contributed by atoms with E-state index in [0.717, 1.165) is 27.7 Å². The van der Waals surface area contributed by atoms with Crippen LogP contribution in [0.2, 0.25) is 0 Å². The van der Waals surface area contributed by atoms with E-state index in [9.17, 15) is 0 Å². The van der Waals surface area contributed by atoms with Crippen molar-refractivity contribution in [3.05, 3.63) is 13.2 Å². The van der Waals surface area contributed by atoms with Gasteiger partial charge in [0.1, 0.15) is 0 Å². The molecule has 0 fully saturated rings. The number of hydrogen-bond donors (Lipinski definition) is 6. The van der Waals surface area contributed by atoms with Crippen molar-refractivity contribution >= 4 is 23.9 Å². The molecular formula is C10H26N2O8Zn. The molecule has 0 aromatic heterocycles. The maximum atomic E-state index is 9.00. The van der Waals surface area contributed by atoms with Crippen molar-refractivity contribution in [3.8, 4) is 0 Å². The van der Waals surface area contributed by atoms with Crippen molar-refractivity contribution in [1.82, 2.24) is 12.3 Å². The summed E-state index contributed by atoms with van der Waals surface area (Å²) in [5, 5.41) is 29.7. The second kappa shape index (κ2) is 51.8. The molecule has 0 unspecified atom stereocenters. The molecule has 21 heavy (non-hydrogen) atoms. The van der Waals surface area contributed by atoms with Crippen LogP contribution in [0.4, 0.5) is 0 Å². The van der Waals surface area contributed by atoms with Crippen molar-refractivity contribution in [3.63, 3.8) is 0 Å². The van der Waals surface area contributed by atoms with Crippen LogP contribution in [0, 0.1) is 0 Å². The Hall–Kier alpha value is -1.84. The molecule has 10 N–H and O–H groups in total. The normalized spacial score (nSPS) is 4.95. The molecule has 0 bridgehead atoms. The molecule has 0 amide bonds. The molecule has 0 aromatic rings. The molecule has 0 aromatic carbocycles. The molecule has 0 saturated carbocycles. The van der Waals surface area contributed by atoms with Gasteiger partial charge >= 0.3 is 0 Å². The Morgan fingerprint density at radius 2 is 0.571 bits per heavy atom. The number of aliphatic carboxylic acids is 4. The summed E-state index contributed by atoms with van der Waals surface area (Å²) in [5.41, 5.74) is 0. The zero-order valence-electron chi connectivity index (χ0n) is 13.0. The first-order valence-corrected chi connectivity index (χ1v) is 4.21. The molecule has 0 heterocycles. The molecule has 10 nitrogen and oxygen atoms in total. The van der Waals surface area contributed by atoms with Crippen LogP contribution in [0.25, 0.3) is 0 Å². The number of carbonyl (C=O) groups is 4. The predicted molar refractivity (Wildman–Crippen MR) is 74.5 cm³/mol. The maximum Gasteiger partial charge on any atom is 0.300 e. The molecule has 0 aliphatic heterocycles. The minimum atomic E-state index is -0.833. The molecule has 0 atom stereocenters. The van der Waals surface area contributed by atoms with E-state index in [4.69, 9.17) is 39.6 Å². The van der Waals surface area contributed by atoms with Gasteiger partial charge in [-0.25, -0.2) is 0 Å². The zero-order chi connectivity index (χ0) is 16.3. The van der Waals surface area contributed by atoms with E-state index in [1.807, 2.05) is 0 Å². The Bertz CT molecular complexity index is 185. The molecular weight excluding hydrogens is 342 g/mol. The number of carboxylic acid groups (broad SMARTS) is 4. The van der Waals surface area contributed by atoms with Gasteiger partial charge in [-0.05, 0) is 0 Å². The van der Waals surface area contributed by atoms with E-state index in [-0.39, 0.29) is 31.8 Å². The summed E-state index contributed by atoms with van der Waals surface area (Å²) in [6.07, 6.45) is 0. The fourth-order valence-corrected chi connectivity index (χ4v) is 0. The molecule has 0 rings (SSSR count). The quantitative estimate of drug-likeness (QED) is 0.267. The first kappa shape index (κ1) is 50.7. The second-order valence-electron chi connectivity index (χ2n) is 2.08. The Morgan fingerprint density at radius 1 is 0.571 bits per heavy atom. The molecule has 11 heteroatoms. The van der Waals surface area contributed by atoms with Gasteiger partial charge in [0.2, 0.25) is 0 Å². The molecule has 0 aliphatic carbocycles. The minimum absolute atomic E-state index is 0. The van der Waals surface area contributed by atoms with Crippen LogP contribution in [-0.4, -0.2) is 44.3 Å². The van der Waals surface area contributed by atoms with Gasteiger partial charge < -0.3 is 32.7 Å². The van der Waals surface area contributed by atoms with Crippen LogP contribution in [0.1, 0.15) is 27.7 Å². The standard InChI is InChI=1S/4C2H4O2.C2H4.2H3N.Zn/c4*1-2(3)4;1-2;;;/h4*1H3,(H,3,4);1-2H2;2*1H3;. The second-order valence-corrected chi connectivity index (χ2v) is 2.08. The SMILES string of the molecule is C=C.CC(=O)O.CC(=O)O.CC(=O)O.CC(=O)O.N.N.[Zn]. The average molecular weight is 368 g/mol. The Balaban J connectivity index is -0.0000000164. The maximum absolute atomic E-state index is 9.00. The average Bonchev–Trinajstić information content (AvgIpc) is 2.01. The third kappa shape index (κ3) is 1410. The molecule has 0 spiro atoms. The summed E-state index contributed by atoms with van der Waals surface area (Å²) in [5.74, 6) is -3.33. The Morgan fingerprint density at radius 3 is 0.571 bits per heavy atom. The molecule has 0 radical (unpaired) electrons. The summed E-state index contributed by atoms with van der Waals surface area (Å²) in [6.45, 7) is 10.3. The van der Waals surface area contributed by atoms with Crippen molar-refractivity contribution in [2.75, 3.05) is 0 Å². The Kier molecular flexibility index (Phi) is 125. The smallest absolute Gasteiger partial charge is 0.300 e. The first-order valence-electron chi connectivity index (χ1n) is 4.21. The number of rotatable bonds is 0. The van der Waals surface area contributed by atoms with Crippen LogP contribution < -0.4 is 12.3 Å². The van der Waals surface area contributed by atoms with Gasteiger partial charge in [0, 0.05) is 47.2 Å². The Labute approximate surface area is 136 Å². The fourth-order valence-electron chi connectivity index (χ4n) is 0. The van der Waals surface area contributed by atoms with Crippen molar-refractivity contribution < 1.29 is 59.1 Å². The molecule has 0 saturated heterocycles. The van der Waals surface area contributed by atoms with E-state index in [1.165, 1.54) is 0 Å². The van der Waals surface area contributed by atoms with Crippen LogP contribution >= 0.6 is 0 Å². The summed E-state index contributed by atoms with van der Waals surface area (Å²) in [6, 6.07) is 0. The largest absolute Gasteiger partial charge is 0.481 e. The van der Waals surface area contributed by atoms with Gasteiger partial charge in [0.25, 0.3) is 23.9 Å². The van der Waals surface area contributed by atoms with E-state index < -0.39 is 23.9 Å². The van der Waals surface area contributed by atoms with Crippen LogP contribution in [0.3, 0.4) is 0 Å². The third-order valence-electron chi connectivity index (χ3n) is 0. The topological polar surface area (TPSA) is 219 Å². The summed E-state index contributed by atoms with van der Waals surface area (Å²) in [4.78, 5) is 36.0. The van der Waals surface area contributed by atoms with Crippen molar-refractivity contribution in [2.45, 2.75) is 27.7 Å². The summed E-state index contributed by atoms with van der Waals surface area (Å²) < 4.78 is 0. The van der Waals surface area contributed by atoms with Crippen molar-refractivity contribution in [2.24, 2.45) is 0 Å². The first-order chi connectivity index (χ1) is 7.93. The predicted octanol–water partition coefficient (Wildman–Crippen LogP) is 1.49. The van der Waals surface area contributed by atoms with Gasteiger partial charge in [-0.1, -0.05) is 0 Å². The van der Waals surface area contributed by atoms with Crippen LogP contribution in [0.15, 0.2) is 13.2 Å². The zero-order valence-corrected chi connectivity index (χ0v) is 15.9. The van der Waals surface area contributed by atoms with Gasteiger partial charge in [0.15, 0.2) is 0 Å². The minimum Gasteiger partial charge on any atom is -0.481 e. The van der Waals surface area contributed by atoms with Crippen molar-refractivity contribution in [1.29, 1.82) is 0 Å². The molecule has 126 valence electrons. The third-order valence-corrected chi connectivity index (χ3v) is 0. The monoisotopic (exact) mass is 366 g/mol. The fraction of sp³-hybridized carbons (Fsp3) is 0.400. The molecule has 0 aliphatic rings. The van der Waals surface area contributed by atoms with E-state index in [0.29, 0.717) is 0 Å². The van der Waals surface area contributed by atoms with Gasteiger partial charge in [-0.2, -0.15) is 0 Å². The van der Waals surface area contributed by atoms with E-state index in [1.54, 1.807) is 0 Å². The van der Waals surface area contributed by atoms with E-state index in [2.05, 4.69) is 13.2 Å². The van der Waals surface area contributed by atoms with Crippen LogP contribution in [-0.2, 0) is 38.7 Å². The number of carboxylic acids is 4. The summed E-state index contributed by atoms with van der Waals surface area (Å²) in [7, 11) is 0. The van der Waals surface area contributed by atoms with Gasteiger partial charge in [-0.15, -0.1) is 13.2 Å². The van der Waals surface area contributed by atoms with Gasteiger partial charge in [-0.3, -0.25) is 19.2 Å².